The molecule has 2 nitrogen and oxygen atoms in total. The van der Waals surface area contributed by atoms with Gasteiger partial charge in [0.1, 0.15) is 12.1 Å². The minimum absolute atomic E-state index is 0.356. The van der Waals surface area contributed by atoms with E-state index in [4.69, 9.17) is 0 Å². The van der Waals surface area contributed by atoms with E-state index in [2.05, 4.69) is 5.32 Å². The van der Waals surface area contributed by atoms with Crippen LogP contribution in [0.25, 0.3) is 6.08 Å². The van der Waals surface area contributed by atoms with E-state index in [1.807, 2.05) is 13.1 Å². The van der Waals surface area contributed by atoms with Gasteiger partial charge in [-0.15, -0.1) is 0 Å². The van der Waals surface area contributed by atoms with E-state index in [1.54, 1.807) is 12.1 Å². The lowest BCUT2D eigenvalue weighted by Crippen LogP contribution is -2.03. The van der Waals surface area contributed by atoms with E-state index >= 15 is 0 Å². The van der Waals surface area contributed by atoms with Crippen LogP contribution in [0.3, 0.4) is 0 Å². The van der Waals surface area contributed by atoms with Crippen molar-refractivity contribution >= 4 is 12.4 Å². The Bertz CT molecular complexity index is 347. The van der Waals surface area contributed by atoms with Crippen molar-refractivity contribution in [1.29, 1.82) is 0 Å². The van der Waals surface area contributed by atoms with Crippen molar-refractivity contribution in [2.24, 2.45) is 0 Å². The lowest BCUT2D eigenvalue weighted by molar-refractivity contribution is 0.112. The third-order valence-corrected chi connectivity index (χ3v) is 1.71. The third-order valence-electron chi connectivity index (χ3n) is 1.71. The average Bonchev–Trinajstić information content (AvgIpc) is 2.17. The second kappa shape index (κ2) is 5.29. The molecule has 74 valence electrons. The molecular formula is C11H12FNO. The van der Waals surface area contributed by atoms with Crippen LogP contribution in [0.2, 0.25) is 0 Å². The predicted molar refractivity (Wildman–Crippen MR) is 54.7 cm³/mol. The van der Waals surface area contributed by atoms with Gasteiger partial charge in [0, 0.05) is 12.1 Å². The highest BCUT2D eigenvalue weighted by atomic mass is 19.1. The first-order valence-electron chi connectivity index (χ1n) is 4.33. The number of carbonyl (C=O) groups is 1. The van der Waals surface area contributed by atoms with Crippen molar-refractivity contribution in [1.82, 2.24) is 5.32 Å². The Morgan fingerprint density at radius 2 is 2.07 bits per heavy atom. The molecule has 3 heteroatoms. The lowest BCUT2D eigenvalue weighted by Gasteiger charge is -1.96. The van der Waals surface area contributed by atoms with Crippen LogP contribution < -0.4 is 5.32 Å². The molecule has 1 rings (SSSR count). The highest BCUT2D eigenvalue weighted by Gasteiger charge is 1.96. The van der Waals surface area contributed by atoms with Gasteiger partial charge in [0.2, 0.25) is 0 Å². The number of halogens is 1. The van der Waals surface area contributed by atoms with Crippen LogP contribution in [-0.2, 0) is 0 Å². The fourth-order valence-corrected chi connectivity index (χ4v) is 1.11. The van der Waals surface area contributed by atoms with Crippen molar-refractivity contribution in [3.8, 4) is 0 Å². The van der Waals surface area contributed by atoms with Crippen LogP contribution in [0.15, 0.2) is 24.3 Å². The quantitative estimate of drug-likeness (QED) is 0.739. The molecule has 0 saturated heterocycles. The van der Waals surface area contributed by atoms with Gasteiger partial charge in [-0.2, -0.15) is 0 Å². The monoisotopic (exact) mass is 193 g/mol. The molecule has 0 aliphatic heterocycles. The fourth-order valence-electron chi connectivity index (χ4n) is 1.11. The Kier molecular flexibility index (Phi) is 4.01. The normalized spacial score (nSPS) is 10.7. The molecule has 0 aliphatic carbocycles. The predicted octanol–water partition coefficient (Wildman–Crippen LogP) is 1.87. The van der Waals surface area contributed by atoms with Crippen molar-refractivity contribution < 1.29 is 9.18 Å². The minimum atomic E-state index is -0.390. The Labute approximate surface area is 82.4 Å². The van der Waals surface area contributed by atoms with E-state index < -0.39 is 5.82 Å². The average molecular weight is 193 g/mol. The second-order valence-corrected chi connectivity index (χ2v) is 2.90. The van der Waals surface area contributed by atoms with Crippen molar-refractivity contribution in [3.63, 3.8) is 0 Å². The number of aldehydes is 1. The first kappa shape index (κ1) is 10.6. The zero-order valence-corrected chi connectivity index (χ0v) is 7.96. The van der Waals surface area contributed by atoms with Gasteiger partial charge in [-0.1, -0.05) is 12.2 Å². The topological polar surface area (TPSA) is 29.1 Å². The standard InChI is InChI=1S/C11H12FNO/c1-13-4-2-3-9-5-10(8-14)7-11(12)6-9/h2-3,5-8,13H,4H2,1H3. The Hall–Kier alpha value is -1.48. The number of nitrogens with one attached hydrogen (secondary N) is 1. The number of rotatable bonds is 4. The summed E-state index contributed by atoms with van der Waals surface area (Å²) in [6.45, 7) is 0.715. The maximum absolute atomic E-state index is 12.9. The number of hydrogen-bond acceptors (Lipinski definition) is 2. The molecule has 0 fully saturated rings. The van der Waals surface area contributed by atoms with Crippen LogP contribution in [-0.4, -0.2) is 19.9 Å². The van der Waals surface area contributed by atoms with Gasteiger partial charge in [-0.3, -0.25) is 4.79 Å². The number of benzene rings is 1. The van der Waals surface area contributed by atoms with Crippen LogP contribution in [0.4, 0.5) is 4.39 Å². The number of hydrogen-bond donors (Lipinski definition) is 1. The van der Waals surface area contributed by atoms with E-state index in [0.29, 0.717) is 24.0 Å². The summed E-state index contributed by atoms with van der Waals surface area (Å²) in [7, 11) is 1.83. The zero-order valence-electron chi connectivity index (χ0n) is 7.96. The third kappa shape index (κ3) is 3.11. The zero-order chi connectivity index (χ0) is 10.4. The van der Waals surface area contributed by atoms with Gasteiger partial charge in [-0.25, -0.2) is 4.39 Å². The van der Waals surface area contributed by atoms with Gasteiger partial charge in [0.15, 0.2) is 0 Å². The molecule has 0 saturated carbocycles. The summed E-state index contributed by atoms with van der Waals surface area (Å²) < 4.78 is 12.9. The summed E-state index contributed by atoms with van der Waals surface area (Å²) in [5.74, 6) is -0.390. The largest absolute Gasteiger partial charge is 0.316 e. The Morgan fingerprint density at radius 3 is 2.71 bits per heavy atom. The van der Waals surface area contributed by atoms with Crippen molar-refractivity contribution in [2.75, 3.05) is 13.6 Å². The van der Waals surface area contributed by atoms with E-state index in [1.165, 1.54) is 12.1 Å². The summed E-state index contributed by atoms with van der Waals surface area (Å²) in [5, 5.41) is 2.93. The van der Waals surface area contributed by atoms with Crippen LogP contribution in [0, 0.1) is 5.82 Å². The smallest absolute Gasteiger partial charge is 0.150 e. The van der Waals surface area contributed by atoms with E-state index in [9.17, 15) is 9.18 Å². The molecule has 0 unspecified atom stereocenters. The molecule has 0 radical (unpaired) electrons. The molecule has 0 heterocycles. The molecule has 0 amide bonds. The maximum atomic E-state index is 12.9. The summed E-state index contributed by atoms with van der Waals surface area (Å²) in [6.07, 6.45) is 4.27. The molecule has 0 aliphatic rings. The molecule has 1 N–H and O–H groups in total. The molecule has 14 heavy (non-hydrogen) atoms. The molecule has 0 spiro atoms. The van der Waals surface area contributed by atoms with Crippen LogP contribution in [0.1, 0.15) is 15.9 Å². The molecule has 0 bridgehead atoms. The molecule has 0 aromatic heterocycles. The van der Waals surface area contributed by atoms with E-state index in [0.717, 1.165) is 0 Å². The summed E-state index contributed by atoms with van der Waals surface area (Å²) in [6, 6.07) is 4.24. The van der Waals surface area contributed by atoms with E-state index in [-0.39, 0.29) is 0 Å². The highest BCUT2D eigenvalue weighted by Crippen LogP contribution is 2.09. The van der Waals surface area contributed by atoms with Gasteiger partial charge >= 0.3 is 0 Å². The lowest BCUT2D eigenvalue weighted by atomic mass is 10.1. The van der Waals surface area contributed by atoms with Gasteiger partial charge in [0.05, 0.1) is 0 Å². The van der Waals surface area contributed by atoms with Crippen molar-refractivity contribution in [3.05, 3.63) is 41.2 Å². The van der Waals surface area contributed by atoms with Crippen molar-refractivity contribution in [2.45, 2.75) is 0 Å². The fraction of sp³-hybridized carbons (Fsp3) is 0.182. The van der Waals surface area contributed by atoms with Crippen LogP contribution in [0.5, 0.6) is 0 Å². The Balaban J connectivity index is 2.86. The Morgan fingerprint density at radius 1 is 1.36 bits per heavy atom. The molecule has 0 atom stereocenters. The SMILES string of the molecule is CNCC=Cc1cc(F)cc(C=O)c1. The molecule has 1 aromatic carbocycles. The number of likely N-dealkylation sites (N-methyl/N-ethyl adjacent to an activating group) is 1. The second-order valence-electron chi connectivity index (χ2n) is 2.90. The van der Waals surface area contributed by atoms with Gasteiger partial charge in [0.25, 0.3) is 0 Å². The highest BCUT2D eigenvalue weighted by molar-refractivity contribution is 5.76. The summed E-state index contributed by atoms with van der Waals surface area (Å²) in [4.78, 5) is 10.4. The first-order valence-corrected chi connectivity index (χ1v) is 4.33. The minimum Gasteiger partial charge on any atom is -0.316 e. The summed E-state index contributed by atoms with van der Waals surface area (Å²) >= 11 is 0. The van der Waals surface area contributed by atoms with Crippen LogP contribution >= 0.6 is 0 Å². The van der Waals surface area contributed by atoms with Gasteiger partial charge in [-0.05, 0) is 30.8 Å². The van der Waals surface area contributed by atoms with Gasteiger partial charge < -0.3 is 5.32 Å². The first-order chi connectivity index (χ1) is 6.76. The molecule has 1 aromatic rings. The molecular weight excluding hydrogens is 181 g/mol. The number of carbonyl (C=O) groups excluding carboxylic acids is 1. The summed E-state index contributed by atoms with van der Waals surface area (Å²) in [5.41, 5.74) is 1.05. The maximum Gasteiger partial charge on any atom is 0.150 e.